The zero-order chi connectivity index (χ0) is 22.1. The molecule has 1 amide bonds. The predicted molar refractivity (Wildman–Crippen MR) is 113 cm³/mol. The zero-order valence-corrected chi connectivity index (χ0v) is 17.5. The summed E-state index contributed by atoms with van der Waals surface area (Å²) in [5, 5.41) is 11.5. The molecular weight excluding hydrogens is 472 g/mol. The second-order valence-electron chi connectivity index (χ2n) is 7.00. The van der Waals surface area contributed by atoms with Gasteiger partial charge in [0.05, 0.1) is 10.0 Å². The summed E-state index contributed by atoms with van der Waals surface area (Å²) in [7, 11) is 0. The largest absolute Gasteiger partial charge is 0.479 e. The SMILES string of the molecule is O=C(NC(C(=O)O)c1c(F)ccc(Br)c1F)OCC1c2ccccc2-c2ccccc21. The molecule has 0 radical (unpaired) electrons. The second-order valence-corrected chi connectivity index (χ2v) is 7.85. The van der Waals surface area contributed by atoms with Crippen LogP contribution in [0.3, 0.4) is 0 Å². The van der Waals surface area contributed by atoms with Crippen molar-refractivity contribution in [3.05, 3.63) is 93.5 Å². The third-order valence-electron chi connectivity index (χ3n) is 5.22. The zero-order valence-electron chi connectivity index (χ0n) is 15.9. The maximum Gasteiger partial charge on any atom is 0.408 e. The Morgan fingerprint density at radius 2 is 1.58 bits per heavy atom. The lowest BCUT2D eigenvalue weighted by Gasteiger charge is -2.18. The van der Waals surface area contributed by atoms with Gasteiger partial charge in [-0.2, -0.15) is 0 Å². The molecule has 1 aliphatic rings. The molecule has 5 nitrogen and oxygen atoms in total. The number of fused-ring (bicyclic) bond motifs is 3. The van der Waals surface area contributed by atoms with Crippen LogP contribution in [-0.2, 0) is 9.53 Å². The first kappa shape index (κ1) is 21.0. The number of carboxylic acids is 1. The predicted octanol–water partition coefficient (Wildman–Crippen LogP) is 5.39. The molecule has 3 aromatic rings. The van der Waals surface area contributed by atoms with E-state index in [0.717, 1.165) is 34.4 Å². The van der Waals surface area contributed by atoms with Crippen molar-refractivity contribution < 1.29 is 28.2 Å². The van der Waals surface area contributed by atoms with Gasteiger partial charge in [-0.3, -0.25) is 0 Å². The lowest BCUT2D eigenvalue weighted by atomic mass is 9.98. The summed E-state index contributed by atoms with van der Waals surface area (Å²) in [6.45, 7) is -0.0599. The Labute approximate surface area is 184 Å². The maximum absolute atomic E-state index is 14.3. The number of hydrogen-bond donors (Lipinski definition) is 2. The minimum Gasteiger partial charge on any atom is -0.479 e. The van der Waals surface area contributed by atoms with Gasteiger partial charge < -0.3 is 15.2 Å². The van der Waals surface area contributed by atoms with Crippen LogP contribution in [0, 0.1) is 11.6 Å². The number of halogens is 3. The first-order valence-corrected chi connectivity index (χ1v) is 10.2. The van der Waals surface area contributed by atoms with E-state index in [0.29, 0.717) is 0 Å². The number of carbonyl (C=O) groups excluding carboxylic acids is 1. The lowest BCUT2D eigenvalue weighted by molar-refractivity contribution is -0.139. The van der Waals surface area contributed by atoms with Gasteiger partial charge in [0.25, 0.3) is 0 Å². The number of alkyl carbamates (subject to hydrolysis) is 1. The van der Waals surface area contributed by atoms with E-state index < -0.39 is 35.3 Å². The fraction of sp³-hybridized carbons (Fsp3) is 0.130. The highest BCUT2D eigenvalue weighted by atomic mass is 79.9. The van der Waals surface area contributed by atoms with Crippen molar-refractivity contribution in [1.82, 2.24) is 5.32 Å². The quantitative estimate of drug-likeness (QED) is 0.473. The number of benzene rings is 3. The van der Waals surface area contributed by atoms with Gasteiger partial charge in [-0.15, -0.1) is 0 Å². The monoisotopic (exact) mass is 487 g/mol. The highest BCUT2D eigenvalue weighted by Crippen LogP contribution is 2.44. The molecule has 0 aromatic heterocycles. The standard InChI is InChI=1S/C23H16BrF2NO4/c24-17-9-10-18(25)19(20(17)26)21(22(28)29)27-23(30)31-11-16-14-7-3-1-5-12(14)13-6-2-4-8-15(13)16/h1-10,16,21H,11H2,(H,27,30)(H,28,29). The molecule has 158 valence electrons. The number of nitrogens with one attached hydrogen (secondary N) is 1. The van der Waals surface area contributed by atoms with Crippen LogP contribution in [0.15, 0.2) is 65.1 Å². The van der Waals surface area contributed by atoms with E-state index in [1.165, 1.54) is 0 Å². The first-order chi connectivity index (χ1) is 14.9. The van der Waals surface area contributed by atoms with E-state index >= 15 is 0 Å². The third kappa shape index (κ3) is 3.90. The summed E-state index contributed by atoms with van der Waals surface area (Å²) in [4.78, 5) is 24.0. The molecule has 0 saturated carbocycles. The van der Waals surface area contributed by atoms with E-state index in [9.17, 15) is 23.5 Å². The minimum absolute atomic E-state index is 0.0599. The van der Waals surface area contributed by atoms with Crippen molar-refractivity contribution in [3.63, 3.8) is 0 Å². The summed E-state index contributed by atoms with van der Waals surface area (Å²) < 4.78 is 33.6. The van der Waals surface area contributed by atoms with E-state index in [4.69, 9.17) is 4.74 Å². The average Bonchev–Trinajstić information content (AvgIpc) is 3.08. The third-order valence-corrected chi connectivity index (χ3v) is 5.83. The Kier molecular flexibility index (Phi) is 5.73. The van der Waals surface area contributed by atoms with E-state index in [1.54, 1.807) is 0 Å². The Bertz CT molecular complexity index is 1140. The Balaban J connectivity index is 1.53. The van der Waals surface area contributed by atoms with Crippen molar-refractivity contribution in [2.45, 2.75) is 12.0 Å². The van der Waals surface area contributed by atoms with Gasteiger partial charge in [-0.05, 0) is 50.3 Å². The van der Waals surface area contributed by atoms with E-state index in [1.807, 2.05) is 48.5 Å². The van der Waals surface area contributed by atoms with Crippen LogP contribution < -0.4 is 5.32 Å². The van der Waals surface area contributed by atoms with Crippen LogP contribution in [0.4, 0.5) is 13.6 Å². The van der Waals surface area contributed by atoms with Gasteiger partial charge >= 0.3 is 12.1 Å². The van der Waals surface area contributed by atoms with E-state index in [-0.39, 0.29) is 17.0 Å². The summed E-state index contributed by atoms with van der Waals surface area (Å²) in [6, 6.07) is 15.5. The van der Waals surface area contributed by atoms with Crippen LogP contribution in [-0.4, -0.2) is 23.8 Å². The summed E-state index contributed by atoms with van der Waals surface area (Å²) in [5.41, 5.74) is 3.25. The van der Waals surface area contributed by atoms with Gasteiger partial charge in [0.2, 0.25) is 0 Å². The average molecular weight is 488 g/mol. The second kappa shape index (κ2) is 8.47. The molecule has 0 bridgehead atoms. The van der Waals surface area contributed by atoms with Crippen molar-refractivity contribution in [3.8, 4) is 11.1 Å². The van der Waals surface area contributed by atoms with Gasteiger partial charge in [0, 0.05) is 5.92 Å². The molecule has 0 heterocycles. The van der Waals surface area contributed by atoms with Crippen molar-refractivity contribution in [2.75, 3.05) is 6.61 Å². The summed E-state index contributed by atoms with van der Waals surface area (Å²) >= 11 is 2.89. The number of ether oxygens (including phenoxy) is 1. The first-order valence-electron chi connectivity index (χ1n) is 9.36. The molecule has 0 spiro atoms. The number of hydrogen-bond acceptors (Lipinski definition) is 3. The van der Waals surface area contributed by atoms with Crippen LogP contribution in [0.5, 0.6) is 0 Å². The molecule has 4 rings (SSSR count). The van der Waals surface area contributed by atoms with Gasteiger partial charge in [0.15, 0.2) is 6.04 Å². The number of aliphatic carboxylic acids is 1. The fourth-order valence-corrected chi connectivity index (χ4v) is 4.17. The Hall–Kier alpha value is -3.26. The minimum atomic E-state index is -1.95. The number of amides is 1. The molecule has 2 N–H and O–H groups in total. The molecule has 1 unspecified atom stereocenters. The van der Waals surface area contributed by atoms with Crippen LogP contribution in [0.2, 0.25) is 0 Å². The normalized spacial score (nSPS) is 13.3. The van der Waals surface area contributed by atoms with Crippen molar-refractivity contribution in [1.29, 1.82) is 0 Å². The van der Waals surface area contributed by atoms with Crippen LogP contribution in [0.25, 0.3) is 11.1 Å². The number of carboxylic acid groups (broad SMARTS) is 1. The van der Waals surface area contributed by atoms with Crippen LogP contribution in [0.1, 0.15) is 28.7 Å². The van der Waals surface area contributed by atoms with Gasteiger partial charge in [0.1, 0.15) is 18.2 Å². The fourth-order valence-electron chi connectivity index (χ4n) is 3.82. The Morgan fingerprint density at radius 1 is 1.00 bits per heavy atom. The molecule has 0 aliphatic heterocycles. The lowest BCUT2D eigenvalue weighted by Crippen LogP contribution is -2.36. The topological polar surface area (TPSA) is 75.6 Å². The maximum atomic E-state index is 14.3. The molecule has 1 atom stereocenters. The van der Waals surface area contributed by atoms with Crippen molar-refractivity contribution >= 4 is 28.0 Å². The highest BCUT2D eigenvalue weighted by molar-refractivity contribution is 9.10. The molecular formula is C23H16BrF2NO4. The molecule has 0 saturated heterocycles. The molecule has 0 fully saturated rings. The van der Waals surface area contributed by atoms with E-state index in [2.05, 4.69) is 21.2 Å². The van der Waals surface area contributed by atoms with Gasteiger partial charge in [-0.25, -0.2) is 18.4 Å². The number of carbonyl (C=O) groups is 2. The number of rotatable bonds is 5. The molecule has 1 aliphatic carbocycles. The molecule has 31 heavy (non-hydrogen) atoms. The Morgan fingerprint density at radius 3 is 2.16 bits per heavy atom. The van der Waals surface area contributed by atoms with Crippen LogP contribution >= 0.6 is 15.9 Å². The molecule has 3 aromatic carbocycles. The highest BCUT2D eigenvalue weighted by Gasteiger charge is 2.32. The summed E-state index contributed by atoms with van der Waals surface area (Å²) in [6.07, 6.45) is -1.09. The van der Waals surface area contributed by atoms with Gasteiger partial charge in [-0.1, -0.05) is 48.5 Å². The molecule has 8 heteroatoms. The van der Waals surface area contributed by atoms with Crippen molar-refractivity contribution in [2.24, 2.45) is 0 Å². The summed E-state index contributed by atoms with van der Waals surface area (Å²) in [5.74, 6) is -4.05. The smallest absolute Gasteiger partial charge is 0.408 e.